The lowest BCUT2D eigenvalue weighted by atomic mass is 9.85. The number of carboxylic acid groups (broad SMARTS) is 1. The van der Waals surface area contributed by atoms with Crippen molar-refractivity contribution in [3.63, 3.8) is 0 Å². The average molecular weight is 216 g/mol. The first-order chi connectivity index (χ1) is 7.72. The number of nitrogens with one attached hydrogen (secondary N) is 3. The summed E-state index contributed by atoms with van der Waals surface area (Å²) in [5.74, 6) is -1.31. The maximum absolute atomic E-state index is 10.3. The van der Waals surface area contributed by atoms with Gasteiger partial charge >= 0.3 is 5.97 Å². The summed E-state index contributed by atoms with van der Waals surface area (Å²) in [5.41, 5.74) is -0.0671. The molecule has 0 aliphatic carbocycles. The molecule has 6 nitrogen and oxygen atoms in total. The zero-order valence-corrected chi connectivity index (χ0v) is 8.34. The maximum Gasteiger partial charge on any atom is 0.339 e. The van der Waals surface area contributed by atoms with E-state index in [1.54, 1.807) is 34.8 Å². The monoisotopic (exact) mass is 216 g/mol. The summed E-state index contributed by atoms with van der Waals surface area (Å²) in [6.07, 6.45) is 0. The average Bonchev–Trinajstić information content (AvgIpc) is 2.32. The van der Waals surface area contributed by atoms with Crippen molar-refractivity contribution in [1.29, 1.82) is 0 Å². The minimum Gasteiger partial charge on any atom is -0.507 e. The fourth-order valence-corrected chi connectivity index (χ4v) is 0.924. The number of rotatable bonds is 1. The van der Waals surface area contributed by atoms with E-state index in [2.05, 4.69) is 15.4 Å². The van der Waals surface area contributed by atoms with E-state index in [1.165, 1.54) is 12.1 Å². The van der Waals surface area contributed by atoms with Crippen LogP contribution in [0.4, 0.5) is 0 Å². The van der Waals surface area contributed by atoms with Crippen LogP contribution in [0.1, 0.15) is 10.4 Å². The van der Waals surface area contributed by atoms with Gasteiger partial charge in [-0.05, 0) is 12.1 Å². The molecule has 0 aromatic heterocycles. The molecule has 1 fully saturated rings. The molecule has 0 atom stereocenters. The van der Waals surface area contributed by atoms with Gasteiger partial charge in [-0.3, -0.25) is 0 Å². The molecule has 0 unspecified atom stereocenters. The lowest BCUT2D eigenvalue weighted by molar-refractivity contribution is 0.0694. The summed E-state index contributed by atoms with van der Waals surface area (Å²) in [6, 6.07) is 5.81. The van der Waals surface area contributed by atoms with E-state index in [4.69, 9.17) is 10.2 Å². The van der Waals surface area contributed by atoms with Crippen LogP contribution in [-0.4, -0.2) is 38.8 Å². The van der Waals surface area contributed by atoms with Crippen molar-refractivity contribution in [2.45, 2.75) is 0 Å². The normalized spacial score (nSPS) is 13.2. The molecule has 1 aromatic rings. The van der Waals surface area contributed by atoms with Gasteiger partial charge in [0.05, 0.1) is 0 Å². The van der Waals surface area contributed by atoms with Gasteiger partial charge in [0.1, 0.15) is 11.3 Å². The first-order valence-corrected chi connectivity index (χ1v) is 4.46. The third kappa shape index (κ3) is 4.39. The topological polar surface area (TPSA) is 93.6 Å². The number of para-hydroxylation sites is 1. The van der Waals surface area contributed by atoms with Crippen molar-refractivity contribution >= 4 is 28.6 Å². The number of phenols is 1. The molecule has 9 heteroatoms. The highest BCUT2D eigenvalue weighted by Crippen LogP contribution is 2.14. The third-order valence-electron chi connectivity index (χ3n) is 1.63. The number of benzene rings is 1. The van der Waals surface area contributed by atoms with Gasteiger partial charge in [0.15, 0.2) is 0 Å². The van der Waals surface area contributed by atoms with E-state index in [1.807, 2.05) is 0 Å². The lowest BCUT2D eigenvalue weighted by Crippen LogP contribution is -2.55. The van der Waals surface area contributed by atoms with E-state index in [0.717, 1.165) is 0 Å². The Labute approximate surface area is 95.3 Å². The minimum atomic E-state index is -1.11. The van der Waals surface area contributed by atoms with Crippen molar-refractivity contribution in [1.82, 2.24) is 15.4 Å². The van der Waals surface area contributed by atoms with Crippen LogP contribution in [0.5, 0.6) is 5.75 Å². The van der Waals surface area contributed by atoms with Crippen LogP contribution < -0.4 is 15.4 Å². The molecule has 1 aromatic carbocycles. The Morgan fingerprint density at radius 2 is 1.56 bits per heavy atom. The van der Waals surface area contributed by atoms with Gasteiger partial charge in [-0.25, -0.2) is 4.79 Å². The Morgan fingerprint density at radius 1 is 1.06 bits per heavy atom. The summed E-state index contributed by atoms with van der Waals surface area (Å²) in [4.78, 5) is 10.3. The van der Waals surface area contributed by atoms with Crippen molar-refractivity contribution < 1.29 is 15.0 Å². The predicted octanol–water partition coefficient (Wildman–Crippen LogP) is -1.54. The van der Waals surface area contributed by atoms with Gasteiger partial charge in [-0.15, -0.1) is 0 Å². The quantitative estimate of drug-likeness (QED) is 0.365. The zero-order chi connectivity index (χ0) is 11.8. The molecular formula is C7H9B3N3O3. The van der Waals surface area contributed by atoms with Gasteiger partial charge in [0.2, 0.25) is 0 Å². The molecule has 1 aliphatic heterocycles. The molecular weight excluding hydrogens is 207 g/mol. The van der Waals surface area contributed by atoms with Crippen LogP contribution in [0.2, 0.25) is 0 Å². The van der Waals surface area contributed by atoms with Gasteiger partial charge in [0, 0.05) is 0 Å². The molecule has 0 saturated carbocycles. The highest BCUT2D eigenvalue weighted by Gasteiger charge is 2.05. The number of carbonyl (C=O) groups is 1. The van der Waals surface area contributed by atoms with Crippen LogP contribution in [0.3, 0.4) is 0 Å². The molecule has 0 bridgehead atoms. The number of carboxylic acids is 1. The molecule has 16 heavy (non-hydrogen) atoms. The van der Waals surface area contributed by atoms with E-state index < -0.39 is 5.97 Å². The second-order valence-corrected chi connectivity index (χ2v) is 2.76. The molecule has 1 aliphatic rings. The predicted molar refractivity (Wildman–Crippen MR) is 61.7 cm³/mol. The fraction of sp³-hybridized carbons (Fsp3) is 0. The number of aromatic carboxylic acids is 1. The molecule has 0 amide bonds. The fourth-order valence-electron chi connectivity index (χ4n) is 0.924. The van der Waals surface area contributed by atoms with E-state index in [0.29, 0.717) is 0 Å². The van der Waals surface area contributed by atoms with Gasteiger partial charge in [-0.2, -0.15) is 0 Å². The molecule has 2 rings (SSSR count). The van der Waals surface area contributed by atoms with Crippen molar-refractivity contribution in [2.75, 3.05) is 0 Å². The second-order valence-electron chi connectivity index (χ2n) is 2.76. The lowest BCUT2D eigenvalue weighted by Gasteiger charge is -2.07. The Bertz CT molecular complexity index is 337. The smallest absolute Gasteiger partial charge is 0.339 e. The summed E-state index contributed by atoms with van der Waals surface area (Å²) >= 11 is 0. The van der Waals surface area contributed by atoms with Crippen molar-refractivity contribution in [3.05, 3.63) is 29.8 Å². The summed E-state index contributed by atoms with van der Waals surface area (Å²) < 4.78 is 0. The highest BCUT2D eigenvalue weighted by atomic mass is 16.4. The van der Waals surface area contributed by atoms with E-state index >= 15 is 0 Å². The number of aromatic hydroxyl groups is 1. The molecule has 1 saturated heterocycles. The van der Waals surface area contributed by atoms with Crippen LogP contribution in [0.15, 0.2) is 24.3 Å². The van der Waals surface area contributed by atoms with Gasteiger partial charge in [0.25, 0.3) is 22.6 Å². The largest absolute Gasteiger partial charge is 0.507 e. The summed E-state index contributed by atoms with van der Waals surface area (Å²) in [6.45, 7) is 0. The Morgan fingerprint density at radius 3 is 1.88 bits per heavy atom. The summed E-state index contributed by atoms with van der Waals surface area (Å²) in [7, 11) is 5.16. The van der Waals surface area contributed by atoms with Crippen molar-refractivity contribution in [2.24, 2.45) is 0 Å². The van der Waals surface area contributed by atoms with Crippen LogP contribution in [0, 0.1) is 0 Å². The SMILES string of the molecule is O=C(O)c1ccccc1O.[B]1N[B]N[B]N1. The molecule has 0 spiro atoms. The Balaban J connectivity index is 0.000000181. The highest BCUT2D eigenvalue weighted by molar-refractivity contribution is 6.65. The Hall–Kier alpha value is -1.44. The van der Waals surface area contributed by atoms with Crippen LogP contribution >= 0.6 is 0 Å². The third-order valence-corrected chi connectivity index (χ3v) is 1.63. The standard InChI is InChI=1S/C7H6O3.B3H3N3/c8-6-4-2-1-3-5(6)7(9)10;1-4-2-6-3-5-1/h1-4,8H,(H,9,10);4-6H. The maximum atomic E-state index is 10.3. The Kier molecular flexibility index (Phi) is 5.48. The molecule has 79 valence electrons. The van der Waals surface area contributed by atoms with Crippen LogP contribution in [-0.2, 0) is 0 Å². The number of hydrogen-bond acceptors (Lipinski definition) is 5. The first-order valence-electron chi connectivity index (χ1n) is 4.46. The second kappa shape index (κ2) is 6.94. The van der Waals surface area contributed by atoms with Crippen molar-refractivity contribution in [3.8, 4) is 5.75 Å². The van der Waals surface area contributed by atoms with Gasteiger partial charge < -0.3 is 25.6 Å². The summed E-state index contributed by atoms with van der Waals surface area (Å²) in [5, 5.41) is 25.6. The van der Waals surface area contributed by atoms with Crippen LogP contribution in [0.25, 0.3) is 0 Å². The number of hydrogen-bond donors (Lipinski definition) is 5. The molecule has 1 heterocycles. The van der Waals surface area contributed by atoms with Gasteiger partial charge in [-0.1, -0.05) is 12.1 Å². The van der Waals surface area contributed by atoms with E-state index in [9.17, 15) is 4.79 Å². The molecule has 5 N–H and O–H groups in total. The molecule has 3 radical (unpaired) electrons. The zero-order valence-electron chi connectivity index (χ0n) is 8.34. The minimum absolute atomic E-state index is 0.0671. The first kappa shape index (κ1) is 12.6. The van der Waals surface area contributed by atoms with E-state index in [-0.39, 0.29) is 11.3 Å².